The highest BCUT2D eigenvalue weighted by atomic mass is 79.9. The average molecular weight is 512 g/mol. The van der Waals surface area contributed by atoms with Gasteiger partial charge in [-0.1, -0.05) is 34.1 Å². The van der Waals surface area contributed by atoms with Crippen LogP contribution in [0.1, 0.15) is 16.9 Å². The monoisotopic (exact) mass is 511 g/mol. The van der Waals surface area contributed by atoms with E-state index in [0.717, 1.165) is 10.0 Å². The molecule has 3 aromatic rings. The van der Waals surface area contributed by atoms with E-state index in [1.807, 2.05) is 24.3 Å². The minimum Gasteiger partial charge on any atom is -0.507 e. The normalized spacial score (nSPS) is 16.6. The predicted molar refractivity (Wildman–Crippen MR) is 129 cm³/mol. The third-order valence-corrected chi connectivity index (χ3v) is 6.03. The molecule has 0 radical (unpaired) electrons. The fourth-order valence-electron chi connectivity index (χ4n) is 2.98. The zero-order chi connectivity index (χ0) is 22.5. The van der Waals surface area contributed by atoms with Gasteiger partial charge in [0.25, 0.3) is 5.91 Å². The van der Waals surface area contributed by atoms with Gasteiger partial charge in [-0.05, 0) is 54.2 Å². The van der Waals surface area contributed by atoms with Gasteiger partial charge in [0.2, 0.25) is 0 Å². The van der Waals surface area contributed by atoms with Crippen LogP contribution in [0.3, 0.4) is 0 Å². The van der Waals surface area contributed by atoms with Crippen molar-refractivity contribution in [1.29, 1.82) is 0 Å². The van der Waals surface area contributed by atoms with Gasteiger partial charge in [-0.15, -0.1) is 5.10 Å². The molecule has 1 fully saturated rings. The first-order valence-electron chi connectivity index (χ1n) is 9.51. The van der Waals surface area contributed by atoms with E-state index in [1.165, 1.54) is 22.9 Å². The molecule has 1 N–H and O–H groups in total. The number of phenols is 1. The number of benzene rings is 2. The lowest BCUT2D eigenvalue weighted by atomic mass is 10.2. The number of aromatic hydroxyl groups is 1. The number of rotatable bonds is 6. The molecule has 4 rings (SSSR count). The molecule has 1 aliphatic heterocycles. The summed E-state index contributed by atoms with van der Waals surface area (Å²) in [4.78, 5) is 15.1. The SMILES string of the molecule is COc1ccccc1/C=C1\S/C(=N/N=C\c2cc(Br)ccc2O)N(Cc2ccco2)C1=O. The van der Waals surface area contributed by atoms with Crippen LogP contribution in [0.25, 0.3) is 6.08 Å². The maximum absolute atomic E-state index is 13.2. The van der Waals surface area contributed by atoms with Crippen molar-refractivity contribution in [3.05, 3.63) is 87.1 Å². The van der Waals surface area contributed by atoms with Crippen molar-refractivity contribution >= 4 is 51.1 Å². The van der Waals surface area contributed by atoms with Crippen LogP contribution >= 0.6 is 27.7 Å². The Labute approximate surface area is 197 Å². The van der Waals surface area contributed by atoms with E-state index in [4.69, 9.17) is 9.15 Å². The van der Waals surface area contributed by atoms with E-state index in [0.29, 0.717) is 27.1 Å². The lowest BCUT2D eigenvalue weighted by molar-refractivity contribution is -0.122. The summed E-state index contributed by atoms with van der Waals surface area (Å²) in [5, 5.41) is 18.7. The van der Waals surface area contributed by atoms with Crippen molar-refractivity contribution in [3.63, 3.8) is 0 Å². The highest BCUT2D eigenvalue weighted by Crippen LogP contribution is 2.35. The number of carbonyl (C=O) groups is 1. The van der Waals surface area contributed by atoms with Crippen LogP contribution < -0.4 is 4.74 Å². The number of phenolic OH excluding ortho intramolecular Hbond substituents is 1. The Morgan fingerprint density at radius 1 is 1.19 bits per heavy atom. The van der Waals surface area contributed by atoms with E-state index in [9.17, 15) is 9.90 Å². The Balaban J connectivity index is 1.66. The molecule has 162 valence electrons. The number of halogens is 1. The largest absolute Gasteiger partial charge is 0.507 e. The summed E-state index contributed by atoms with van der Waals surface area (Å²) in [6, 6.07) is 16.0. The zero-order valence-electron chi connectivity index (χ0n) is 16.9. The summed E-state index contributed by atoms with van der Waals surface area (Å²) >= 11 is 4.57. The van der Waals surface area contributed by atoms with E-state index >= 15 is 0 Å². The van der Waals surface area contributed by atoms with E-state index in [2.05, 4.69) is 26.1 Å². The summed E-state index contributed by atoms with van der Waals surface area (Å²) in [5.74, 6) is 1.16. The Morgan fingerprint density at radius 2 is 2.03 bits per heavy atom. The van der Waals surface area contributed by atoms with Gasteiger partial charge in [0.15, 0.2) is 5.17 Å². The Morgan fingerprint density at radius 3 is 2.81 bits per heavy atom. The van der Waals surface area contributed by atoms with Crippen molar-refractivity contribution in [3.8, 4) is 11.5 Å². The van der Waals surface area contributed by atoms with Gasteiger partial charge in [0, 0.05) is 15.6 Å². The van der Waals surface area contributed by atoms with Crippen LogP contribution in [0.5, 0.6) is 11.5 Å². The number of hydrogen-bond donors (Lipinski definition) is 1. The lowest BCUT2D eigenvalue weighted by Crippen LogP contribution is -2.28. The second-order valence-electron chi connectivity index (χ2n) is 6.65. The minimum atomic E-state index is -0.212. The van der Waals surface area contributed by atoms with Gasteiger partial charge < -0.3 is 14.3 Å². The lowest BCUT2D eigenvalue weighted by Gasteiger charge is -2.12. The highest BCUT2D eigenvalue weighted by molar-refractivity contribution is 9.10. The number of amides is 1. The van der Waals surface area contributed by atoms with Crippen LogP contribution in [0.2, 0.25) is 0 Å². The smallest absolute Gasteiger partial charge is 0.267 e. The number of ether oxygens (including phenoxy) is 1. The van der Waals surface area contributed by atoms with Gasteiger partial charge in [-0.25, -0.2) is 0 Å². The molecule has 2 heterocycles. The zero-order valence-corrected chi connectivity index (χ0v) is 19.3. The fourth-order valence-corrected chi connectivity index (χ4v) is 4.28. The van der Waals surface area contributed by atoms with Crippen LogP contribution in [0, 0.1) is 0 Å². The molecule has 1 aromatic heterocycles. The van der Waals surface area contributed by atoms with Crippen molar-refractivity contribution in [2.75, 3.05) is 7.11 Å². The topological polar surface area (TPSA) is 87.6 Å². The van der Waals surface area contributed by atoms with Crippen molar-refractivity contribution in [2.24, 2.45) is 10.2 Å². The van der Waals surface area contributed by atoms with Crippen LogP contribution in [-0.2, 0) is 11.3 Å². The third-order valence-electron chi connectivity index (χ3n) is 4.54. The number of furan rings is 1. The summed E-state index contributed by atoms with van der Waals surface area (Å²) in [6.07, 6.45) is 4.76. The molecule has 2 aromatic carbocycles. The quantitative estimate of drug-likeness (QED) is 0.277. The second kappa shape index (κ2) is 9.88. The van der Waals surface area contributed by atoms with E-state index in [-0.39, 0.29) is 18.2 Å². The molecule has 0 spiro atoms. The first-order valence-corrected chi connectivity index (χ1v) is 11.1. The van der Waals surface area contributed by atoms with Crippen molar-refractivity contribution in [2.45, 2.75) is 6.54 Å². The molecular formula is C23H18BrN3O4S. The van der Waals surface area contributed by atoms with Gasteiger partial charge >= 0.3 is 0 Å². The molecule has 0 saturated carbocycles. The summed E-state index contributed by atoms with van der Waals surface area (Å²) in [6.45, 7) is 0.221. The number of nitrogens with zero attached hydrogens (tertiary/aromatic N) is 3. The molecule has 0 atom stereocenters. The van der Waals surface area contributed by atoms with Gasteiger partial charge in [0.1, 0.15) is 17.3 Å². The predicted octanol–water partition coefficient (Wildman–Crippen LogP) is 5.26. The molecule has 9 heteroatoms. The molecule has 1 saturated heterocycles. The summed E-state index contributed by atoms with van der Waals surface area (Å²) in [5.41, 5.74) is 1.29. The molecule has 32 heavy (non-hydrogen) atoms. The molecule has 0 unspecified atom stereocenters. The second-order valence-corrected chi connectivity index (χ2v) is 8.58. The Bertz CT molecular complexity index is 1220. The standard InChI is InChI=1S/C23H18BrN3O4S/c1-30-20-7-3-2-5-15(20)12-21-22(29)27(14-18-6-4-10-31-18)23(32-21)26-25-13-16-11-17(24)8-9-19(16)28/h2-13,28H,14H2,1H3/b21-12-,25-13-,26-23+. The number of hydrogen-bond acceptors (Lipinski definition) is 7. The first kappa shape index (κ1) is 21.9. The van der Waals surface area contributed by atoms with Crippen LogP contribution in [0.15, 0.2) is 84.9 Å². The molecule has 1 aliphatic rings. The Hall–Kier alpha value is -3.30. The molecular weight excluding hydrogens is 494 g/mol. The van der Waals surface area contributed by atoms with Crippen LogP contribution in [-0.4, -0.2) is 34.4 Å². The Kier molecular flexibility index (Phi) is 6.77. The van der Waals surface area contributed by atoms with Crippen LogP contribution in [0.4, 0.5) is 0 Å². The fraction of sp³-hybridized carbons (Fsp3) is 0.0870. The highest BCUT2D eigenvalue weighted by Gasteiger charge is 2.34. The number of para-hydroxylation sites is 1. The van der Waals surface area contributed by atoms with E-state index < -0.39 is 0 Å². The van der Waals surface area contributed by atoms with Gasteiger partial charge in [0.05, 0.1) is 31.0 Å². The van der Waals surface area contributed by atoms with E-state index in [1.54, 1.807) is 49.8 Å². The summed E-state index contributed by atoms with van der Waals surface area (Å²) in [7, 11) is 1.59. The number of carbonyl (C=O) groups excluding carboxylic acids is 1. The molecule has 7 nitrogen and oxygen atoms in total. The molecule has 0 bridgehead atoms. The summed E-state index contributed by atoms with van der Waals surface area (Å²) < 4.78 is 11.6. The molecule has 0 aliphatic carbocycles. The maximum Gasteiger partial charge on any atom is 0.267 e. The molecule has 1 amide bonds. The number of thioether (sulfide) groups is 1. The third kappa shape index (κ3) is 4.95. The number of amidine groups is 1. The minimum absolute atomic E-state index is 0.0801. The van der Waals surface area contributed by atoms with Gasteiger partial charge in [-0.2, -0.15) is 5.10 Å². The van der Waals surface area contributed by atoms with Crippen molar-refractivity contribution < 1.29 is 19.1 Å². The van der Waals surface area contributed by atoms with Crippen molar-refractivity contribution in [1.82, 2.24) is 4.90 Å². The number of methoxy groups -OCH3 is 1. The maximum atomic E-state index is 13.2. The average Bonchev–Trinajstić information content (AvgIpc) is 3.41. The first-order chi connectivity index (χ1) is 15.5. The van der Waals surface area contributed by atoms with Gasteiger partial charge in [-0.3, -0.25) is 9.69 Å².